The average Bonchev–Trinajstić information content (AvgIpc) is 2.38. The van der Waals surface area contributed by atoms with Crippen LogP contribution in [-0.4, -0.2) is 24.9 Å². The van der Waals surface area contributed by atoms with Gasteiger partial charge < -0.3 is 14.6 Å². The Labute approximate surface area is 101 Å². The fraction of sp³-hybridized carbons (Fsp3) is 0.286. The van der Waals surface area contributed by atoms with Crippen LogP contribution in [0, 0.1) is 0 Å². The van der Waals surface area contributed by atoms with Gasteiger partial charge in [-0.25, -0.2) is 0 Å². The molecule has 1 unspecified atom stereocenters. The van der Waals surface area contributed by atoms with Crippen LogP contribution in [0.1, 0.15) is 6.92 Å². The molecule has 0 saturated carbocycles. The van der Waals surface area contributed by atoms with Gasteiger partial charge in [0.1, 0.15) is 18.1 Å². The van der Waals surface area contributed by atoms with E-state index in [-0.39, 0.29) is 11.9 Å². The van der Waals surface area contributed by atoms with Crippen molar-refractivity contribution in [2.75, 3.05) is 13.7 Å². The normalized spacial score (nSPS) is 12.6. The predicted octanol–water partition coefficient (Wildman–Crippen LogP) is 2.96. The summed E-state index contributed by atoms with van der Waals surface area (Å²) in [5, 5.41) is 11.5. The summed E-state index contributed by atoms with van der Waals surface area (Å²) in [6.45, 7) is 2.44. The number of hydrogen-bond donors (Lipinski definition) is 1. The van der Waals surface area contributed by atoms with Crippen LogP contribution in [0.2, 0.25) is 0 Å². The van der Waals surface area contributed by atoms with Crippen molar-refractivity contribution in [3.63, 3.8) is 0 Å². The highest BCUT2D eigenvalue weighted by atomic mass is 16.5. The second kappa shape index (κ2) is 5.06. The van der Waals surface area contributed by atoms with E-state index in [1.54, 1.807) is 19.2 Å². The van der Waals surface area contributed by atoms with Crippen molar-refractivity contribution in [2.45, 2.75) is 13.0 Å². The summed E-state index contributed by atoms with van der Waals surface area (Å²) in [6.07, 6.45) is 0.0440. The zero-order valence-corrected chi connectivity index (χ0v) is 10.0. The first kappa shape index (κ1) is 11.7. The molecular weight excluding hydrogens is 216 g/mol. The molecule has 0 radical (unpaired) electrons. The molecule has 0 spiro atoms. The molecule has 0 aliphatic heterocycles. The van der Waals surface area contributed by atoms with E-state index in [0.29, 0.717) is 6.61 Å². The zero-order chi connectivity index (χ0) is 12.3. The topological polar surface area (TPSA) is 38.7 Å². The van der Waals surface area contributed by atoms with Gasteiger partial charge in [-0.15, -0.1) is 0 Å². The van der Waals surface area contributed by atoms with E-state index >= 15 is 0 Å². The van der Waals surface area contributed by atoms with Crippen LogP contribution in [0.5, 0.6) is 11.5 Å². The molecule has 3 heteroatoms. The van der Waals surface area contributed by atoms with Crippen molar-refractivity contribution in [1.82, 2.24) is 0 Å². The third kappa shape index (κ3) is 2.50. The fourth-order valence-electron chi connectivity index (χ4n) is 1.66. The predicted molar refractivity (Wildman–Crippen MR) is 67.6 cm³/mol. The Morgan fingerprint density at radius 2 is 1.82 bits per heavy atom. The summed E-state index contributed by atoms with van der Waals surface area (Å²) >= 11 is 0. The second-order valence-electron chi connectivity index (χ2n) is 3.99. The minimum absolute atomic E-state index is 0.0440. The molecule has 0 fully saturated rings. The molecule has 0 aliphatic rings. The van der Waals surface area contributed by atoms with Crippen molar-refractivity contribution in [2.24, 2.45) is 0 Å². The van der Waals surface area contributed by atoms with Gasteiger partial charge in [0.2, 0.25) is 0 Å². The zero-order valence-electron chi connectivity index (χ0n) is 10.0. The maximum Gasteiger partial charge on any atom is 0.127 e. The van der Waals surface area contributed by atoms with E-state index in [2.05, 4.69) is 0 Å². The van der Waals surface area contributed by atoms with Crippen molar-refractivity contribution < 1.29 is 14.6 Å². The van der Waals surface area contributed by atoms with Gasteiger partial charge in [-0.1, -0.05) is 24.3 Å². The van der Waals surface area contributed by atoms with Gasteiger partial charge in [-0.05, 0) is 19.1 Å². The molecule has 0 saturated heterocycles. The van der Waals surface area contributed by atoms with Gasteiger partial charge in [-0.2, -0.15) is 0 Å². The van der Waals surface area contributed by atoms with Crippen LogP contribution in [-0.2, 0) is 4.74 Å². The number of hydrogen-bond acceptors (Lipinski definition) is 3. The summed E-state index contributed by atoms with van der Waals surface area (Å²) in [6, 6.07) is 11.0. The number of ether oxygens (including phenoxy) is 2. The summed E-state index contributed by atoms with van der Waals surface area (Å²) in [4.78, 5) is 0. The second-order valence-corrected chi connectivity index (χ2v) is 3.99. The highest BCUT2D eigenvalue weighted by molar-refractivity contribution is 5.92. The van der Waals surface area contributed by atoms with E-state index < -0.39 is 0 Å². The standard InChI is InChI=1S/C14H16O3/c1-10(16-2)9-17-14-8-7-13(15)11-5-3-4-6-12(11)14/h3-8,10,15H,9H2,1-2H3. The highest BCUT2D eigenvalue weighted by Gasteiger charge is 2.07. The van der Waals surface area contributed by atoms with Crippen LogP contribution < -0.4 is 4.74 Å². The number of phenols is 1. The fourth-order valence-corrected chi connectivity index (χ4v) is 1.66. The van der Waals surface area contributed by atoms with Gasteiger partial charge in [0.15, 0.2) is 0 Å². The number of phenolic OH excluding ortho intramolecular Hbond substituents is 1. The molecule has 0 aliphatic carbocycles. The summed E-state index contributed by atoms with van der Waals surface area (Å²) < 4.78 is 10.8. The first-order valence-corrected chi connectivity index (χ1v) is 5.58. The maximum absolute atomic E-state index is 9.74. The van der Waals surface area contributed by atoms with Crippen molar-refractivity contribution >= 4 is 10.8 Å². The molecule has 3 nitrogen and oxygen atoms in total. The molecule has 0 aromatic heterocycles. The number of benzene rings is 2. The maximum atomic E-state index is 9.74. The van der Waals surface area contributed by atoms with Gasteiger partial charge >= 0.3 is 0 Å². The lowest BCUT2D eigenvalue weighted by Gasteiger charge is -2.13. The molecule has 1 N–H and O–H groups in total. The monoisotopic (exact) mass is 232 g/mol. The SMILES string of the molecule is COC(C)COc1ccc(O)c2ccccc12. The molecule has 2 rings (SSSR count). The third-order valence-corrected chi connectivity index (χ3v) is 2.74. The third-order valence-electron chi connectivity index (χ3n) is 2.74. The molecule has 90 valence electrons. The van der Waals surface area contributed by atoms with Gasteiger partial charge in [-0.3, -0.25) is 0 Å². The molecule has 0 heterocycles. The van der Waals surface area contributed by atoms with Crippen molar-refractivity contribution in [1.29, 1.82) is 0 Å². The number of methoxy groups -OCH3 is 1. The lowest BCUT2D eigenvalue weighted by molar-refractivity contribution is 0.0722. The Hall–Kier alpha value is -1.74. The van der Waals surface area contributed by atoms with E-state index in [9.17, 15) is 5.11 Å². The van der Waals surface area contributed by atoms with Gasteiger partial charge in [0.25, 0.3) is 0 Å². The molecule has 17 heavy (non-hydrogen) atoms. The van der Waals surface area contributed by atoms with E-state index in [0.717, 1.165) is 16.5 Å². The molecule has 1 atom stereocenters. The Morgan fingerprint density at radius 1 is 1.12 bits per heavy atom. The Kier molecular flexibility index (Phi) is 3.49. The lowest BCUT2D eigenvalue weighted by Crippen LogP contribution is -2.15. The number of aromatic hydroxyl groups is 1. The Bertz CT molecular complexity index is 508. The average molecular weight is 232 g/mol. The summed E-state index contributed by atoms with van der Waals surface area (Å²) in [5.41, 5.74) is 0. The highest BCUT2D eigenvalue weighted by Crippen LogP contribution is 2.32. The summed E-state index contributed by atoms with van der Waals surface area (Å²) in [7, 11) is 1.66. The number of rotatable bonds is 4. The van der Waals surface area contributed by atoms with Crippen LogP contribution in [0.4, 0.5) is 0 Å². The first-order chi connectivity index (χ1) is 8.22. The molecular formula is C14H16O3. The van der Waals surface area contributed by atoms with E-state index in [1.165, 1.54) is 0 Å². The first-order valence-electron chi connectivity index (χ1n) is 5.58. The summed E-state index contributed by atoms with van der Waals surface area (Å²) in [5.74, 6) is 1.04. The molecule has 2 aromatic rings. The van der Waals surface area contributed by atoms with E-state index in [4.69, 9.17) is 9.47 Å². The Balaban J connectivity index is 2.32. The van der Waals surface area contributed by atoms with Gasteiger partial charge in [0.05, 0.1) is 6.10 Å². The smallest absolute Gasteiger partial charge is 0.127 e. The van der Waals surface area contributed by atoms with Crippen LogP contribution in [0.15, 0.2) is 36.4 Å². The Morgan fingerprint density at radius 3 is 2.53 bits per heavy atom. The van der Waals surface area contributed by atoms with Gasteiger partial charge in [0, 0.05) is 17.9 Å². The minimum atomic E-state index is 0.0440. The minimum Gasteiger partial charge on any atom is -0.507 e. The quantitative estimate of drug-likeness (QED) is 0.880. The largest absolute Gasteiger partial charge is 0.507 e. The molecule has 0 amide bonds. The van der Waals surface area contributed by atoms with Crippen molar-refractivity contribution in [3.05, 3.63) is 36.4 Å². The van der Waals surface area contributed by atoms with Crippen molar-refractivity contribution in [3.8, 4) is 11.5 Å². The van der Waals surface area contributed by atoms with Crippen LogP contribution in [0.25, 0.3) is 10.8 Å². The van der Waals surface area contributed by atoms with Crippen LogP contribution >= 0.6 is 0 Å². The van der Waals surface area contributed by atoms with Crippen LogP contribution in [0.3, 0.4) is 0 Å². The molecule has 2 aromatic carbocycles. The van der Waals surface area contributed by atoms with E-state index in [1.807, 2.05) is 31.2 Å². The lowest BCUT2D eigenvalue weighted by atomic mass is 10.1. The number of fused-ring (bicyclic) bond motifs is 1. The molecule has 0 bridgehead atoms.